The van der Waals surface area contributed by atoms with Crippen LogP contribution in [0.4, 0.5) is 0 Å². The number of benzene rings is 3. The number of nitrogens with zero attached hydrogens (tertiary/aromatic N) is 1. The standard InChI is InChI=1S/C27H23BrN2O5/c1-15-4-6-18(10-16(15)2)33-14-25(31)34-19-7-8-20-24(12-19)35-27(30)22(13-29)26(20)21-11-17(28)5-9-23(21)32-3/h4-12,26H,14,30H2,1-3H3. The number of methoxy groups -OCH3 is 1. The van der Waals surface area contributed by atoms with Crippen molar-refractivity contribution in [2.24, 2.45) is 5.73 Å². The van der Waals surface area contributed by atoms with Crippen molar-refractivity contribution in [1.82, 2.24) is 0 Å². The molecule has 2 N–H and O–H groups in total. The third kappa shape index (κ3) is 5.10. The smallest absolute Gasteiger partial charge is 0.349 e. The minimum atomic E-state index is -0.564. The molecular weight excluding hydrogens is 512 g/mol. The van der Waals surface area contributed by atoms with Gasteiger partial charge in [0.1, 0.15) is 34.6 Å². The van der Waals surface area contributed by atoms with E-state index in [0.717, 1.165) is 21.2 Å². The van der Waals surface area contributed by atoms with Gasteiger partial charge in [0.2, 0.25) is 5.88 Å². The lowest BCUT2D eigenvalue weighted by molar-refractivity contribution is -0.136. The Balaban J connectivity index is 1.58. The summed E-state index contributed by atoms with van der Waals surface area (Å²) in [6, 6.07) is 18.3. The second-order valence-corrected chi connectivity index (χ2v) is 8.94. The molecule has 3 aromatic rings. The van der Waals surface area contributed by atoms with Gasteiger partial charge < -0.3 is 24.7 Å². The third-order valence-corrected chi connectivity index (χ3v) is 6.25. The Hall–Kier alpha value is -3.96. The number of rotatable bonds is 6. The predicted molar refractivity (Wildman–Crippen MR) is 133 cm³/mol. The first-order valence-electron chi connectivity index (χ1n) is 10.8. The van der Waals surface area contributed by atoms with Crippen LogP contribution in [-0.4, -0.2) is 19.7 Å². The predicted octanol–water partition coefficient (Wildman–Crippen LogP) is 5.28. The number of nitriles is 1. The molecule has 0 aliphatic carbocycles. The van der Waals surface area contributed by atoms with E-state index in [1.165, 1.54) is 0 Å². The molecule has 1 aliphatic rings. The van der Waals surface area contributed by atoms with Crippen LogP contribution in [0.15, 0.2) is 70.5 Å². The molecule has 0 spiro atoms. The highest BCUT2D eigenvalue weighted by atomic mass is 79.9. The molecule has 0 saturated carbocycles. The first-order valence-corrected chi connectivity index (χ1v) is 11.6. The molecule has 0 bridgehead atoms. The number of allylic oxidation sites excluding steroid dienone is 1. The maximum absolute atomic E-state index is 12.4. The Morgan fingerprint density at radius 2 is 1.83 bits per heavy atom. The number of hydrogen-bond acceptors (Lipinski definition) is 7. The van der Waals surface area contributed by atoms with Crippen molar-refractivity contribution < 1.29 is 23.7 Å². The van der Waals surface area contributed by atoms with E-state index in [9.17, 15) is 10.1 Å². The van der Waals surface area contributed by atoms with Gasteiger partial charge >= 0.3 is 5.97 Å². The Morgan fingerprint density at radius 1 is 1.06 bits per heavy atom. The lowest BCUT2D eigenvalue weighted by atomic mass is 9.83. The van der Waals surface area contributed by atoms with E-state index in [2.05, 4.69) is 22.0 Å². The van der Waals surface area contributed by atoms with E-state index in [0.29, 0.717) is 22.8 Å². The van der Waals surface area contributed by atoms with Crippen LogP contribution in [0.1, 0.15) is 28.2 Å². The summed E-state index contributed by atoms with van der Waals surface area (Å²) in [6.45, 7) is 3.73. The fraction of sp³-hybridized carbons (Fsp3) is 0.185. The van der Waals surface area contributed by atoms with Crippen molar-refractivity contribution in [2.45, 2.75) is 19.8 Å². The second kappa shape index (κ2) is 10.1. The highest BCUT2D eigenvalue weighted by Gasteiger charge is 2.33. The van der Waals surface area contributed by atoms with E-state index in [-0.39, 0.29) is 23.8 Å². The van der Waals surface area contributed by atoms with Gasteiger partial charge in [-0.25, -0.2) is 4.79 Å². The maximum Gasteiger partial charge on any atom is 0.349 e. The molecule has 8 heteroatoms. The van der Waals surface area contributed by atoms with Crippen molar-refractivity contribution >= 4 is 21.9 Å². The zero-order chi connectivity index (χ0) is 25.1. The molecule has 7 nitrogen and oxygen atoms in total. The van der Waals surface area contributed by atoms with Crippen molar-refractivity contribution in [1.29, 1.82) is 5.26 Å². The van der Waals surface area contributed by atoms with Gasteiger partial charge in [-0.05, 0) is 61.4 Å². The van der Waals surface area contributed by atoms with Gasteiger partial charge in [0.15, 0.2) is 6.61 Å². The van der Waals surface area contributed by atoms with Crippen LogP contribution in [0.3, 0.4) is 0 Å². The second-order valence-electron chi connectivity index (χ2n) is 8.02. The van der Waals surface area contributed by atoms with Gasteiger partial charge in [-0.3, -0.25) is 0 Å². The van der Waals surface area contributed by atoms with Crippen LogP contribution in [0.25, 0.3) is 0 Å². The minimum absolute atomic E-state index is 0.0198. The van der Waals surface area contributed by atoms with Gasteiger partial charge in [0, 0.05) is 21.7 Å². The number of fused-ring (bicyclic) bond motifs is 1. The lowest BCUT2D eigenvalue weighted by Gasteiger charge is -2.27. The highest BCUT2D eigenvalue weighted by molar-refractivity contribution is 9.10. The molecule has 0 saturated heterocycles. The quantitative estimate of drug-likeness (QED) is 0.339. The molecule has 1 heterocycles. The van der Waals surface area contributed by atoms with E-state index in [1.807, 2.05) is 44.2 Å². The van der Waals surface area contributed by atoms with Crippen LogP contribution in [0.5, 0.6) is 23.0 Å². The van der Waals surface area contributed by atoms with Gasteiger partial charge in [-0.2, -0.15) is 5.26 Å². The minimum Gasteiger partial charge on any atom is -0.496 e. The molecule has 0 radical (unpaired) electrons. The SMILES string of the molecule is COc1ccc(Br)cc1C1C(C#N)=C(N)Oc2cc(OC(=O)COc3ccc(C)c(C)c3)ccc21. The molecule has 4 rings (SSSR count). The Kier molecular flexibility index (Phi) is 6.99. The van der Waals surface area contributed by atoms with Crippen LogP contribution >= 0.6 is 15.9 Å². The van der Waals surface area contributed by atoms with Gasteiger partial charge in [-0.15, -0.1) is 0 Å². The molecule has 1 unspecified atom stereocenters. The number of esters is 1. The molecule has 1 aliphatic heterocycles. The molecule has 0 aromatic heterocycles. The average molecular weight is 535 g/mol. The molecule has 178 valence electrons. The molecule has 0 fully saturated rings. The zero-order valence-electron chi connectivity index (χ0n) is 19.4. The first kappa shape index (κ1) is 24.2. The number of carbonyl (C=O) groups excluding carboxylic acids is 1. The number of nitrogens with two attached hydrogens (primary N) is 1. The normalized spacial score (nSPS) is 14.4. The summed E-state index contributed by atoms with van der Waals surface area (Å²) in [5, 5.41) is 9.81. The summed E-state index contributed by atoms with van der Waals surface area (Å²) in [5.74, 6) is 0.741. The lowest BCUT2D eigenvalue weighted by Crippen LogP contribution is -2.22. The number of aryl methyl sites for hydroxylation is 2. The largest absolute Gasteiger partial charge is 0.496 e. The van der Waals surface area contributed by atoms with E-state index < -0.39 is 11.9 Å². The summed E-state index contributed by atoms with van der Waals surface area (Å²) in [5.41, 5.74) is 10.0. The number of hydrogen-bond donors (Lipinski definition) is 1. The monoisotopic (exact) mass is 534 g/mol. The molecule has 35 heavy (non-hydrogen) atoms. The van der Waals surface area contributed by atoms with Crippen LogP contribution in [0, 0.1) is 25.2 Å². The number of halogens is 1. The first-order chi connectivity index (χ1) is 16.8. The Labute approximate surface area is 211 Å². The molecule has 3 aromatic carbocycles. The van der Waals surface area contributed by atoms with Gasteiger partial charge in [0.05, 0.1) is 13.0 Å². The van der Waals surface area contributed by atoms with Crippen molar-refractivity contribution in [3.8, 4) is 29.1 Å². The van der Waals surface area contributed by atoms with E-state index in [4.69, 9.17) is 24.7 Å². The van der Waals surface area contributed by atoms with Crippen LogP contribution in [-0.2, 0) is 4.79 Å². The fourth-order valence-electron chi connectivity index (χ4n) is 3.86. The fourth-order valence-corrected chi connectivity index (χ4v) is 4.24. The summed E-state index contributed by atoms with van der Waals surface area (Å²) >= 11 is 3.48. The summed E-state index contributed by atoms with van der Waals surface area (Å²) in [7, 11) is 1.56. The molecule has 0 amide bonds. The van der Waals surface area contributed by atoms with Gasteiger partial charge in [0.25, 0.3) is 0 Å². The number of carbonyl (C=O) groups is 1. The zero-order valence-corrected chi connectivity index (χ0v) is 21.0. The molecule has 1 atom stereocenters. The summed E-state index contributed by atoms with van der Waals surface area (Å²) < 4.78 is 23.1. The average Bonchev–Trinajstić information content (AvgIpc) is 2.83. The van der Waals surface area contributed by atoms with Crippen LogP contribution < -0.4 is 24.7 Å². The topological polar surface area (TPSA) is 104 Å². The number of ether oxygens (including phenoxy) is 4. The van der Waals surface area contributed by atoms with Crippen molar-refractivity contribution in [3.63, 3.8) is 0 Å². The third-order valence-electron chi connectivity index (χ3n) is 5.76. The summed E-state index contributed by atoms with van der Waals surface area (Å²) in [6.07, 6.45) is 0. The van der Waals surface area contributed by atoms with Crippen molar-refractivity contribution in [3.05, 3.63) is 92.8 Å². The van der Waals surface area contributed by atoms with E-state index in [1.54, 1.807) is 31.4 Å². The highest BCUT2D eigenvalue weighted by Crippen LogP contribution is 2.46. The van der Waals surface area contributed by atoms with E-state index >= 15 is 0 Å². The van der Waals surface area contributed by atoms with Gasteiger partial charge in [-0.1, -0.05) is 28.1 Å². The molecular formula is C27H23BrN2O5. The Bertz CT molecular complexity index is 1380. The maximum atomic E-state index is 12.4. The van der Waals surface area contributed by atoms with Crippen molar-refractivity contribution in [2.75, 3.05) is 13.7 Å². The Morgan fingerprint density at radius 3 is 2.54 bits per heavy atom. The summed E-state index contributed by atoms with van der Waals surface area (Å²) in [4.78, 5) is 12.4. The van der Waals surface area contributed by atoms with Crippen LogP contribution in [0.2, 0.25) is 0 Å².